The van der Waals surface area contributed by atoms with Gasteiger partial charge in [0.25, 0.3) is 5.91 Å². The van der Waals surface area contributed by atoms with Crippen molar-refractivity contribution in [3.8, 4) is 11.5 Å². The number of carbonyl (C=O) groups excluding carboxylic acids is 1. The monoisotopic (exact) mass is 275 g/mol. The van der Waals surface area contributed by atoms with Crippen LogP contribution in [0.4, 0.5) is 11.6 Å². The fraction of sp³-hybridized carbons (Fsp3) is 0. The van der Waals surface area contributed by atoms with E-state index in [0.29, 0.717) is 21.7 Å². The summed E-state index contributed by atoms with van der Waals surface area (Å²) < 4.78 is 5.29. The summed E-state index contributed by atoms with van der Waals surface area (Å²) in [6, 6.07) is 3.44. The molecule has 0 unspecified atom stereocenters. The van der Waals surface area contributed by atoms with Gasteiger partial charge < -0.3 is 21.6 Å². The third kappa shape index (κ3) is 1.69. The summed E-state index contributed by atoms with van der Waals surface area (Å²) in [4.78, 5) is 20.3. The maximum Gasteiger partial charge on any atom is 0.260 e. The highest BCUT2D eigenvalue weighted by atomic mass is 32.1. The Bertz CT molecular complexity index is 778. The van der Waals surface area contributed by atoms with Gasteiger partial charge in [-0.05, 0) is 12.1 Å². The van der Waals surface area contributed by atoms with Crippen molar-refractivity contribution in [2.75, 3.05) is 11.5 Å². The molecule has 0 fully saturated rings. The zero-order chi connectivity index (χ0) is 13.6. The quantitative estimate of drug-likeness (QED) is 0.643. The van der Waals surface area contributed by atoms with E-state index in [1.165, 1.54) is 6.26 Å². The van der Waals surface area contributed by atoms with E-state index in [9.17, 15) is 4.79 Å². The first-order valence-corrected chi connectivity index (χ1v) is 6.08. The first kappa shape index (κ1) is 11.5. The molecule has 1 amide bonds. The van der Waals surface area contributed by atoms with Gasteiger partial charge in [0.05, 0.1) is 17.3 Å². The molecule has 7 nitrogen and oxygen atoms in total. The van der Waals surface area contributed by atoms with Gasteiger partial charge in [-0.1, -0.05) is 0 Å². The predicted octanol–water partition coefficient (Wildman–Crippen LogP) is 1.21. The maximum atomic E-state index is 11.3. The Morgan fingerprint density at radius 1 is 1.32 bits per heavy atom. The van der Waals surface area contributed by atoms with E-state index in [0.717, 1.165) is 11.3 Å². The average Bonchev–Trinajstić information content (AvgIpc) is 2.96. The van der Waals surface area contributed by atoms with Crippen molar-refractivity contribution in [3.63, 3.8) is 0 Å². The number of amides is 1. The van der Waals surface area contributed by atoms with E-state index in [4.69, 9.17) is 21.6 Å². The topological polar surface area (TPSA) is 134 Å². The van der Waals surface area contributed by atoms with Gasteiger partial charge in [-0.25, -0.2) is 9.97 Å². The molecule has 0 atom stereocenters. The number of hydrogen-bond donors (Lipinski definition) is 3. The second-order valence-electron chi connectivity index (χ2n) is 3.80. The Hall–Kier alpha value is -2.61. The molecule has 0 saturated heterocycles. The molecule has 0 bridgehead atoms. The van der Waals surface area contributed by atoms with Crippen molar-refractivity contribution in [1.29, 1.82) is 0 Å². The number of nitrogens with two attached hydrogens (primary N) is 3. The molecule has 0 radical (unpaired) electrons. The number of thiophene rings is 1. The molecule has 0 aromatic carbocycles. The van der Waals surface area contributed by atoms with Crippen molar-refractivity contribution in [2.45, 2.75) is 0 Å². The van der Waals surface area contributed by atoms with E-state index < -0.39 is 5.91 Å². The van der Waals surface area contributed by atoms with Gasteiger partial charge in [-0.2, -0.15) is 0 Å². The lowest BCUT2D eigenvalue weighted by molar-refractivity contribution is 0.100. The average molecular weight is 275 g/mol. The number of aromatic nitrogens is 2. The van der Waals surface area contributed by atoms with Crippen LogP contribution >= 0.6 is 11.3 Å². The number of nitrogen functional groups attached to an aromatic ring is 2. The standard InChI is InChI=1S/C11H9N5O2S/c12-6-5-7(4-2-1-3-18-4)15-11(14)16-10(5)19-8(6)9(13)17/h1-3H,12H2,(H2,13,17)(H2,14,15,16). The number of fused-ring (bicyclic) bond motifs is 1. The molecule has 0 spiro atoms. The highest BCUT2D eigenvalue weighted by Gasteiger charge is 2.21. The Kier molecular flexibility index (Phi) is 2.39. The third-order valence-electron chi connectivity index (χ3n) is 2.58. The lowest BCUT2D eigenvalue weighted by Gasteiger charge is -2.01. The molecule has 0 saturated carbocycles. The van der Waals surface area contributed by atoms with Crippen molar-refractivity contribution in [2.24, 2.45) is 5.73 Å². The summed E-state index contributed by atoms with van der Waals surface area (Å²) in [5, 5.41) is 0.531. The first-order valence-electron chi connectivity index (χ1n) is 5.27. The molecule has 3 rings (SSSR count). The molecular weight excluding hydrogens is 266 g/mol. The van der Waals surface area contributed by atoms with Crippen LogP contribution in [0, 0.1) is 0 Å². The Labute approximate surface area is 111 Å². The van der Waals surface area contributed by atoms with Crippen LogP contribution in [0.25, 0.3) is 21.7 Å². The largest absolute Gasteiger partial charge is 0.463 e. The lowest BCUT2D eigenvalue weighted by Crippen LogP contribution is -2.10. The Morgan fingerprint density at radius 2 is 2.11 bits per heavy atom. The van der Waals surface area contributed by atoms with E-state index >= 15 is 0 Å². The summed E-state index contributed by atoms with van der Waals surface area (Å²) in [7, 11) is 0. The molecule has 0 aliphatic heterocycles. The molecule has 0 aliphatic rings. The molecule has 96 valence electrons. The molecular formula is C11H9N5O2S. The van der Waals surface area contributed by atoms with Crippen molar-refractivity contribution in [1.82, 2.24) is 9.97 Å². The highest BCUT2D eigenvalue weighted by molar-refractivity contribution is 7.21. The van der Waals surface area contributed by atoms with Crippen LogP contribution in [0.2, 0.25) is 0 Å². The van der Waals surface area contributed by atoms with Crippen molar-refractivity contribution >= 4 is 39.1 Å². The number of nitrogens with zero attached hydrogens (tertiary/aromatic N) is 2. The molecule has 19 heavy (non-hydrogen) atoms. The van der Waals surface area contributed by atoms with Crippen LogP contribution in [-0.4, -0.2) is 15.9 Å². The zero-order valence-corrected chi connectivity index (χ0v) is 10.4. The number of rotatable bonds is 2. The normalized spacial score (nSPS) is 10.9. The van der Waals surface area contributed by atoms with Gasteiger partial charge in [-0.15, -0.1) is 11.3 Å². The number of primary amides is 1. The Balaban J connectivity index is 2.41. The second kappa shape index (κ2) is 3.95. The molecule has 3 aromatic rings. The molecule has 0 aliphatic carbocycles. The second-order valence-corrected chi connectivity index (χ2v) is 4.80. The molecule has 6 N–H and O–H groups in total. The summed E-state index contributed by atoms with van der Waals surface area (Å²) in [5.74, 6) is -0.0275. The van der Waals surface area contributed by atoms with Crippen LogP contribution in [0.1, 0.15) is 9.67 Å². The van der Waals surface area contributed by atoms with E-state index in [-0.39, 0.29) is 16.5 Å². The minimum absolute atomic E-state index is 0.0798. The zero-order valence-electron chi connectivity index (χ0n) is 9.58. The van der Waals surface area contributed by atoms with Crippen LogP contribution < -0.4 is 17.2 Å². The number of anilines is 2. The van der Waals surface area contributed by atoms with Gasteiger partial charge in [0.1, 0.15) is 15.4 Å². The van der Waals surface area contributed by atoms with E-state index in [1.807, 2.05) is 0 Å². The Morgan fingerprint density at radius 3 is 2.74 bits per heavy atom. The molecule has 3 heterocycles. The minimum Gasteiger partial charge on any atom is -0.463 e. The summed E-state index contributed by atoms with van der Waals surface area (Å²) in [5.41, 5.74) is 17.6. The molecule has 8 heteroatoms. The van der Waals surface area contributed by atoms with Gasteiger partial charge >= 0.3 is 0 Å². The van der Waals surface area contributed by atoms with Crippen LogP contribution in [0.5, 0.6) is 0 Å². The fourth-order valence-corrected chi connectivity index (χ4v) is 2.77. The number of carbonyl (C=O) groups is 1. The number of hydrogen-bond acceptors (Lipinski definition) is 7. The van der Waals surface area contributed by atoms with E-state index in [2.05, 4.69) is 9.97 Å². The van der Waals surface area contributed by atoms with Gasteiger partial charge in [-0.3, -0.25) is 4.79 Å². The lowest BCUT2D eigenvalue weighted by atomic mass is 10.2. The van der Waals surface area contributed by atoms with Gasteiger partial charge in [0, 0.05) is 0 Å². The van der Waals surface area contributed by atoms with Crippen LogP contribution in [-0.2, 0) is 0 Å². The fourth-order valence-electron chi connectivity index (χ4n) is 1.81. The SMILES string of the molecule is NC(=O)c1sc2nc(N)nc(-c3ccco3)c2c1N. The van der Waals surface area contributed by atoms with Crippen molar-refractivity contribution in [3.05, 3.63) is 23.3 Å². The van der Waals surface area contributed by atoms with Crippen molar-refractivity contribution < 1.29 is 9.21 Å². The summed E-state index contributed by atoms with van der Waals surface area (Å²) >= 11 is 1.09. The van der Waals surface area contributed by atoms with E-state index in [1.54, 1.807) is 12.1 Å². The maximum absolute atomic E-state index is 11.3. The third-order valence-corrected chi connectivity index (χ3v) is 3.70. The van der Waals surface area contributed by atoms with Crippen LogP contribution in [0.15, 0.2) is 22.8 Å². The summed E-state index contributed by atoms with van der Waals surface area (Å²) in [6.07, 6.45) is 1.51. The molecule has 3 aromatic heterocycles. The minimum atomic E-state index is -0.607. The number of furan rings is 1. The van der Waals surface area contributed by atoms with Gasteiger partial charge in [0.15, 0.2) is 5.76 Å². The predicted molar refractivity (Wildman–Crippen MR) is 72.5 cm³/mol. The first-order chi connectivity index (χ1) is 9.08. The van der Waals surface area contributed by atoms with Gasteiger partial charge in [0.2, 0.25) is 5.95 Å². The van der Waals surface area contributed by atoms with Crippen LogP contribution in [0.3, 0.4) is 0 Å². The highest BCUT2D eigenvalue weighted by Crippen LogP contribution is 2.38. The summed E-state index contributed by atoms with van der Waals surface area (Å²) in [6.45, 7) is 0. The smallest absolute Gasteiger partial charge is 0.260 e.